The Kier molecular flexibility index (Phi) is 7.43. The maximum Gasteiger partial charge on any atom is 0.305 e. The molecule has 3 rings (SSSR count). The van der Waals surface area contributed by atoms with E-state index in [4.69, 9.17) is 5.73 Å². The number of amides is 1. The number of nitrogens with two attached hydrogens (primary N) is 1. The van der Waals surface area contributed by atoms with Gasteiger partial charge in [-0.1, -0.05) is 42.0 Å². The summed E-state index contributed by atoms with van der Waals surface area (Å²) in [4.78, 5) is 30.3. The van der Waals surface area contributed by atoms with E-state index in [-0.39, 0.29) is 42.2 Å². The number of guanidine groups is 1. The number of benzene rings is 2. The van der Waals surface area contributed by atoms with E-state index in [2.05, 4.69) is 14.5 Å². The lowest BCUT2D eigenvalue weighted by molar-refractivity contribution is -0.140. The molecule has 0 bridgehead atoms. The first-order chi connectivity index (χ1) is 15.5. The van der Waals surface area contributed by atoms with Gasteiger partial charge >= 0.3 is 5.97 Å². The van der Waals surface area contributed by atoms with Crippen LogP contribution in [0.1, 0.15) is 30.0 Å². The third-order valence-corrected chi connectivity index (χ3v) is 6.96. The molecule has 2 aromatic rings. The number of esters is 1. The fourth-order valence-corrected chi connectivity index (χ4v) is 4.70. The first kappa shape index (κ1) is 24.7. The topological polar surface area (TPSA) is 137 Å². The van der Waals surface area contributed by atoms with E-state index in [1.54, 1.807) is 31.2 Å². The summed E-state index contributed by atoms with van der Waals surface area (Å²) >= 11 is 0. The minimum Gasteiger partial charge on any atom is -0.469 e. The van der Waals surface area contributed by atoms with Crippen molar-refractivity contribution < 1.29 is 23.4 Å². The van der Waals surface area contributed by atoms with Gasteiger partial charge in [-0.2, -0.15) is 0 Å². The largest absolute Gasteiger partial charge is 0.469 e. The van der Waals surface area contributed by atoms with Gasteiger partial charge in [-0.15, -0.1) is 10.8 Å². The molecule has 0 saturated heterocycles. The van der Waals surface area contributed by atoms with E-state index in [0.29, 0.717) is 6.42 Å². The molecule has 9 nitrogen and oxygen atoms in total. The van der Waals surface area contributed by atoms with Crippen LogP contribution in [0.15, 0.2) is 58.4 Å². The lowest BCUT2D eigenvalue weighted by Gasteiger charge is -2.35. The van der Waals surface area contributed by atoms with E-state index >= 15 is 0 Å². The first-order valence-electron chi connectivity index (χ1n) is 10.5. The van der Waals surface area contributed by atoms with Crippen molar-refractivity contribution in [3.8, 4) is 0 Å². The maximum atomic E-state index is 13.1. The fraction of sp³-hybridized carbons (Fsp3) is 0.348. The number of carbonyl (C=O) groups excluding carboxylic acids is 2. The SMILES string of the molecule is COC(=O)CCc1ccc(S(O)(O)NCC2(C)N=C(N)N(Cc3cccc(C)c3)C2=O)cc1. The summed E-state index contributed by atoms with van der Waals surface area (Å²) < 4.78 is 28.6. The molecule has 0 fully saturated rings. The van der Waals surface area contributed by atoms with Gasteiger partial charge in [0.15, 0.2) is 11.5 Å². The van der Waals surface area contributed by atoms with Crippen LogP contribution in [0.5, 0.6) is 0 Å². The minimum absolute atomic E-state index is 0.0947. The Labute approximate surface area is 195 Å². The summed E-state index contributed by atoms with van der Waals surface area (Å²) in [6.07, 6.45) is 0.722. The highest BCUT2D eigenvalue weighted by molar-refractivity contribution is 8.22. The molecule has 10 heteroatoms. The number of hydrogen-bond donors (Lipinski definition) is 4. The Morgan fingerprint density at radius 2 is 1.91 bits per heavy atom. The smallest absolute Gasteiger partial charge is 0.305 e. The molecule has 1 aliphatic rings. The van der Waals surface area contributed by atoms with Crippen LogP contribution >= 0.6 is 10.8 Å². The van der Waals surface area contributed by atoms with Gasteiger partial charge in [0.1, 0.15) is 0 Å². The van der Waals surface area contributed by atoms with Gasteiger partial charge < -0.3 is 10.5 Å². The van der Waals surface area contributed by atoms with Crippen molar-refractivity contribution in [3.05, 3.63) is 65.2 Å². The number of nitrogens with zero attached hydrogens (tertiary/aromatic N) is 2. The molecule has 0 radical (unpaired) electrons. The molecule has 5 N–H and O–H groups in total. The maximum absolute atomic E-state index is 13.1. The van der Waals surface area contributed by atoms with E-state index in [9.17, 15) is 18.7 Å². The van der Waals surface area contributed by atoms with Gasteiger partial charge in [-0.3, -0.25) is 23.6 Å². The van der Waals surface area contributed by atoms with Gasteiger partial charge in [0.25, 0.3) is 5.91 Å². The first-order valence-corrected chi connectivity index (χ1v) is 12.0. The summed E-state index contributed by atoms with van der Waals surface area (Å²) in [5, 5.41) is 0. The molecule has 2 aromatic carbocycles. The third kappa shape index (κ3) is 5.91. The molecule has 1 amide bonds. The zero-order valence-electron chi connectivity index (χ0n) is 18.9. The quantitative estimate of drug-likeness (QED) is 0.410. The second-order valence-electron chi connectivity index (χ2n) is 8.21. The zero-order valence-corrected chi connectivity index (χ0v) is 19.8. The summed E-state index contributed by atoms with van der Waals surface area (Å²) in [6.45, 7) is 3.76. The molecule has 0 aliphatic carbocycles. The summed E-state index contributed by atoms with van der Waals surface area (Å²) in [6, 6.07) is 14.4. The van der Waals surface area contributed by atoms with Crippen molar-refractivity contribution in [1.29, 1.82) is 0 Å². The minimum atomic E-state index is -3.38. The highest BCUT2D eigenvalue weighted by atomic mass is 32.3. The highest BCUT2D eigenvalue weighted by Gasteiger charge is 2.44. The molecule has 1 aliphatic heterocycles. The van der Waals surface area contributed by atoms with Crippen molar-refractivity contribution in [2.45, 2.75) is 43.7 Å². The van der Waals surface area contributed by atoms with Crippen LogP contribution in [0, 0.1) is 6.92 Å². The number of hydrogen-bond acceptors (Lipinski definition) is 8. The van der Waals surface area contributed by atoms with Crippen LogP contribution in [-0.4, -0.2) is 51.0 Å². The van der Waals surface area contributed by atoms with E-state index < -0.39 is 16.3 Å². The van der Waals surface area contributed by atoms with E-state index in [1.807, 2.05) is 31.2 Å². The number of methoxy groups -OCH3 is 1. The van der Waals surface area contributed by atoms with E-state index in [1.165, 1.54) is 12.0 Å². The van der Waals surface area contributed by atoms with Crippen LogP contribution in [0.3, 0.4) is 0 Å². The van der Waals surface area contributed by atoms with Crippen molar-refractivity contribution >= 4 is 28.6 Å². The van der Waals surface area contributed by atoms with Crippen LogP contribution in [0.25, 0.3) is 0 Å². The Morgan fingerprint density at radius 3 is 2.55 bits per heavy atom. The van der Waals surface area contributed by atoms with Crippen LogP contribution < -0.4 is 10.5 Å². The number of aliphatic imine (C=N–C) groups is 1. The van der Waals surface area contributed by atoms with Crippen molar-refractivity contribution in [2.75, 3.05) is 13.7 Å². The Balaban J connectivity index is 1.64. The average Bonchev–Trinajstić information content (AvgIpc) is 3.00. The van der Waals surface area contributed by atoms with Crippen LogP contribution in [0.2, 0.25) is 0 Å². The molecular formula is C23H30N4O5S. The van der Waals surface area contributed by atoms with Gasteiger partial charge in [-0.05, 0) is 43.5 Å². The van der Waals surface area contributed by atoms with Gasteiger partial charge in [-0.25, -0.2) is 9.71 Å². The molecule has 0 aromatic heterocycles. The lowest BCUT2D eigenvalue weighted by atomic mass is 10.0. The van der Waals surface area contributed by atoms with Crippen LogP contribution in [0.4, 0.5) is 0 Å². The molecule has 33 heavy (non-hydrogen) atoms. The number of carbonyl (C=O) groups is 2. The molecule has 1 atom stereocenters. The predicted molar refractivity (Wildman–Crippen MR) is 128 cm³/mol. The fourth-order valence-electron chi connectivity index (χ4n) is 3.54. The molecule has 0 spiro atoms. The van der Waals surface area contributed by atoms with Crippen molar-refractivity contribution in [3.63, 3.8) is 0 Å². The molecule has 1 heterocycles. The Hall–Kier alpha value is -2.92. The number of nitrogens with one attached hydrogen (secondary N) is 1. The normalized spacial score (nSPS) is 18.9. The summed E-state index contributed by atoms with van der Waals surface area (Å²) in [5.41, 5.74) is 7.63. The second kappa shape index (κ2) is 9.92. The summed E-state index contributed by atoms with van der Waals surface area (Å²) in [7, 11) is -2.05. The standard InChI is InChI=1S/C23H30N4O5S/c1-16-5-4-6-18(13-16)14-27-21(29)23(2,26-22(27)24)15-25-33(30,31)19-10-7-17(8-11-19)9-12-20(28)32-3/h4-8,10-11,13,25,30-31H,9,12,14-15H2,1-3H3,(H2,24,26). The predicted octanol–water partition coefficient (Wildman–Crippen LogP) is 2.83. The molecule has 178 valence electrons. The zero-order chi connectivity index (χ0) is 24.2. The van der Waals surface area contributed by atoms with Gasteiger partial charge in [0.05, 0.1) is 18.6 Å². The third-order valence-electron chi connectivity index (χ3n) is 5.48. The van der Waals surface area contributed by atoms with Crippen molar-refractivity contribution in [1.82, 2.24) is 9.62 Å². The lowest BCUT2D eigenvalue weighted by Crippen LogP contribution is -2.47. The molecule has 0 saturated carbocycles. The van der Waals surface area contributed by atoms with Gasteiger partial charge in [0.2, 0.25) is 0 Å². The monoisotopic (exact) mass is 474 g/mol. The number of rotatable bonds is 9. The second-order valence-corrected chi connectivity index (χ2v) is 10.1. The van der Waals surface area contributed by atoms with E-state index in [0.717, 1.165) is 16.7 Å². The van der Waals surface area contributed by atoms with Gasteiger partial charge in [0, 0.05) is 13.0 Å². The molecular weight excluding hydrogens is 444 g/mol. The van der Waals surface area contributed by atoms with Crippen molar-refractivity contribution in [2.24, 2.45) is 10.7 Å². The Bertz CT molecular complexity index is 1060. The number of aryl methyl sites for hydroxylation is 2. The van der Waals surface area contributed by atoms with Crippen LogP contribution in [-0.2, 0) is 27.3 Å². The molecule has 1 unspecified atom stereocenters. The highest BCUT2D eigenvalue weighted by Crippen LogP contribution is 2.44. The average molecular weight is 475 g/mol. The Morgan fingerprint density at radius 1 is 1.21 bits per heavy atom. The number of ether oxygens (including phenoxy) is 1. The summed E-state index contributed by atoms with van der Waals surface area (Å²) in [5.74, 6) is -0.532.